The fourth-order valence-electron chi connectivity index (χ4n) is 3.52. The van der Waals surface area contributed by atoms with E-state index >= 15 is 0 Å². The molecule has 124 valence electrons. The van der Waals surface area contributed by atoms with Crippen LogP contribution in [-0.4, -0.2) is 34.3 Å². The van der Waals surface area contributed by atoms with E-state index in [1.807, 2.05) is 0 Å². The van der Waals surface area contributed by atoms with Gasteiger partial charge in [-0.05, 0) is 44.3 Å². The van der Waals surface area contributed by atoms with Crippen LogP contribution in [-0.2, 0) is 13.1 Å². The third-order valence-corrected chi connectivity index (χ3v) is 5.22. The van der Waals surface area contributed by atoms with Crippen LogP contribution in [0.3, 0.4) is 0 Å². The maximum atomic E-state index is 5.93. The van der Waals surface area contributed by atoms with Crippen LogP contribution in [0.15, 0.2) is 30.3 Å². The molecule has 1 aromatic carbocycles. The molecule has 1 fully saturated rings. The van der Waals surface area contributed by atoms with Crippen LogP contribution >= 0.6 is 0 Å². The summed E-state index contributed by atoms with van der Waals surface area (Å²) >= 11 is 0. The van der Waals surface area contributed by atoms with Crippen molar-refractivity contribution < 1.29 is 0 Å². The van der Waals surface area contributed by atoms with E-state index in [9.17, 15) is 0 Å². The molecular weight excluding hydrogens is 284 g/mol. The lowest BCUT2D eigenvalue weighted by Gasteiger charge is -2.22. The van der Waals surface area contributed by atoms with Gasteiger partial charge in [0.05, 0.1) is 12.2 Å². The van der Waals surface area contributed by atoms with Crippen molar-refractivity contribution in [2.75, 3.05) is 19.6 Å². The molecule has 4 nitrogen and oxygen atoms in total. The summed E-state index contributed by atoms with van der Waals surface area (Å²) in [5.41, 5.74) is 11.3. The standard InChI is InChI=1S/C19H28N4/c1-15-18(12-22-10-9-19(3,13-20)14-22)16(2)23(21-15)11-17-7-5-4-6-8-17/h4-8H,9-14,20H2,1-3H3. The molecule has 1 aliphatic rings. The van der Waals surface area contributed by atoms with Gasteiger partial charge >= 0.3 is 0 Å². The largest absolute Gasteiger partial charge is 0.330 e. The Morgan fingerprint density at radius 2 is 1.91 bits per heavy atom. The van der Waals surface area contributed by atoms with Gasteiger partial charge in [-0.2, -0.15) is 5.10 Å². The second kappa shape index (κ2) is 6.46. The van der Waals surface area contributed by atoms with Crippen molar-refractivity contribution in [3.8, 4) is 0 Å². The Morgan fingerprint density at radius 1 is 1.17 bits per heavy atom. The van der Waals surface area contributed by atoms with Crippen molar-refractivity contribution in [2.45, 2.75) is 40.3 Å². The van der Waals surface area contributed by atoms with E-state index in [2.05, 4.69) is 60.7 Å². The topological polar surface area (TPSA) is 47.1 Å². The minimum absolute atomic E-state index is 0.280. The Labute approximate surface area is 139 Å². The normalized spacial score (nSPS) is 21.9. The smallest absolute Gasteiger partial charge is 0.0662 e. The van der Waals surface area contributed by atoms with Gasteiger partial charge in [-0.1, -0.05) is 37.3 Å². The first-order valence-electron chi connectivity index (χ1n) is 8.50. The predicted octanol–water partition coefficient (Wildman–Crippen LogP) is 2.72. The zero-order valence-electron chi connectivity index (χ0n) is 14.5. The molecule has 1 aromatic heterocycles. The monoisotopic (exact) mass is 312 g/mol. The summed E-state index contributed by atoms with van der Waals surface area (Å²) in [6, 6.07) is 10.5. The fourth-order valence-corrected chi connectivity index (χ4v) is 3.52. The second-order valence-electron chi connectivity index (χ2n) is 7.27. The van der Waals surface area contributed by atoms with Crippen molar-refractivity contribution in [1.82, 2.24) is 14.7 Å². The van der Waals surface area contributed by atoms with Gasteiger partial charge < -0.3 is 5.73 Å². The van der Waals surface area contributed by atoms with Crippen LogP contribution in [0.5, 0.6) is 0 Å². The van der Waals surface area contributed by atoms with Crippen molar-refractivity contribution in [1.29, 1.82) is 0 Å². The van der Waals surface area contributed by atoms with Crippen LogP contribution in [0.2, 0.25) is 0 Å². The number of nitrogens with two attached hydrogens (primary N) is 1. The van der Waals surface area contributed by atoms with Crippen LogP contribution in [0, 0.1) is 19.3 Å². The highest BCUT2D eigenvalue weighted by Crippen LogP contribution is 2.30. The van der Waals surface area contributed by atoms with Gasteiger partial charge in [0.25, 0.3) is 0 Å². The lowest BCUT2D eigenvalue weighted by atomic mass is 9.90. The van der Waals surface area contributed by atoms with Gasteiger partial charge in [0.15, 0.2) is 0 Å². The Bertz CT molecular complexity index is 662. The molecule has 1 atom stereocenters. The molecule has 3 rings (SSSR count). The van der Waals surface area contributed by atoms with Crippen LogP contribution in [0.4, 0.5) is 0 Å². The third-order valence-electron chi connectivity index (χ3n) is 5.22. The van der Waals surface area contributed by atoms with E-state index in [1.54, 1.807) is 0 Å². The lowest BCUT2D eigenvalue weighted by Crippen LogP contribution is -2.31. The van der Waals surface area contributed by atoms with Gasteiger partial charge in [-0.25, -0.2) is 0 Å². The van der Waals surface area contributed by atoms with Gasteiger partial charge in [-0.15, -0.1) is 0 Å². The number of aromatic nitrogens is 2. The third kappa shape index (κ3) is 3.48. The number of likely N-dealkylation sites (tertiary alicyclic amines) is 1. The number of hydrogen-bond donors (Lipinski definition) is 1. The lowest BCUT2D eigenvalue weighted by molar-refractivity contribution is 0.273. The molecule has 2 heterocycles. The number of nitrogens with zero attached hydrogens (tertiary/aromatic N) is 3. The first-order valence-corrected chi connectivity index (χ1v) is 8.50. The molecule has 0 amide bonds. The van der Waals surface area contributed by atoms with Gasteiger partial charge in [0.2, 0.25) is 0 Å². The molecule has 0 saturated carbocycles. The summed E-state index contributed by atoms with van der Waals surface area (Å²) in [6.07, 6.45) is 1.19. The Morgan fingerprint density at radius 3 is 2.57 bits per heavy atom. The molecular formula is C19H28N4. The quantitative estimate of drug-likeness (QED) is 0.923. The summed E-state index contributed by atoms with van der Waals surface area (Å²) < 4.78 is 2.14. The number of benzene rings is 1. The average molecular weight is 312 g/mol. The first kappa shape index (κ1) is 16.2. The molecule has 4 heteroatoms. The van der Waals surface area contributed by atoms with Gasteiger partial charge in [-0.3, -0.25) is 9.58 Å². The Balaban J connectivity index is 1.74. The molecule has 23 heavy (non-hydrogen) atoms. The van der Waals surface area contributed by atoms with Crippen molar-refractivity contribution in [3.05, 3.63) is 52.8 Å². The van der Waals surface area contributed by atoms with E-state index in [-0.39, 0.29) is 5.41 Å². The molecule has 2 aromatic rings. The van der Waals surface area contributed by atoms with Crippen LogP contribution in [0.1, 0.15) is 35.9 Å². The molecule has 1 saturated heterocycles. The molecule has 0 bridgehead atoms. The minimum Gasteiger partial charge on any atom is -0.330 e. The molecule has 0 radical (unpaired) electrons. The maximum absolute atomic E-state index is 5.93. The summed E-state index contributed by atoms with van der Waals surface area (Å²) in [6.45, 7) is 11.4. The van der Waals surface area contributed by atoms with Gasteiger partial charge in [0.1, 0.15) is 0 Å². The minimum atomic E-state index is 0.280. The summed E-state index contributed by atoms with van der Waals surface area (Å²) in [4.78, 5) is 2.52. The second-order valence-corrected chi connectivity index (χ2v) is 7.27. The molecule has 0 aliphatic carbocycles. The summed E-state index contributed by atoms with van der Waals surface area (Å²) in [5.74, 6) is 0. The molecule has 1 aliphatic heterocycles. The summed E-state index contributed by atoms with van der Waals surface area (Å²) in [5, 5.41) is 4.77. The highest BCUT2D eigenvalue weighted by Gasteiger charge is 2.32. The van der Waals surface area contributed by atoms with Gasteiger partial charge in [0, 0.05) is 24.3 Å². The molecule has 0 spiro atoms. The number of rotatable bonds is 5. The molecule has 2 N–H and O–H groups in total. The Kier molecular flexibility index (Phi) is 4.55. The maximum Gasteiger partial charge on any atom is 0.0662 e. The van der Waals surface area contributed by atoms with E-state index in [0.717, 1.165) is 38.4 Å². The highest BCUT2D eigenvalue weighted by molar-refractivity contribution is 5.26. The van der Waals surface area contributed by atoms with Crippen LogP contribution < -0.4 is 5.73 Å². The van der Waals surface area contributed by atoms with Crippen LogP contribution in [0.25, 0.3) is 0 Å². The van der Waals surface area contributed by atoms with E-state index in [0.29, 0.717) is 0 Å². The SMILES string of the molecule is Cc1nn(Cc2ccccc2)c(C)c1CN1CCC(C)(CN)C1. The zero-order chi connectivity index (χ0) is 16.4. The van der Waals surface area contributed by atoms with Crippen molar-refractivity contribution in [3.63, 3.8) is 0 Å². The highest BCUT2D eigenvalue weighted by atomic mass is 15.3. The predicted molar refractivity (Wildman–Crippen MR) is 94.3 cm³/mol. The fraction of sp³-hybridized carbons (Fsp3) is 0.526. The summed E-state index contributed by atoms with van der Waals surface area (Å²) in [7, 11) is 0. The van der Waals surface area contributed by atoms with E-state index in [4.69, 9.17) is 10.8 Å². The van der Waals surface area contributed by atoms with E-state index < -0.39 is 0 Å². The van der Waals surface area contributed by atoms with Crippen molar-refractivity contribution in [2.24, 2.45) is 11.1 Å². The number of hydrogen-bond acceptors (Lipinski definition) is 3. The van der Waals surface area contributed by atoms with Crippen molar-refractivity contribution >= 4 is 0 Å². The average Bonchev–Trinajstić information content (AvgIpc) is 3.05. The zero-order valence-corrected chi connectivity index (χ0v) is 14.5. The number of aryl methyl sites for hydroxylation is 1. The molecule has 1 unspecified atom stereocenters. The Hall–Kier alpha value is -1.65. The first-order chi connectivity index (χ1) is 11.0. The van der Waals surface area contributed by atoms with E-state index in [1.165, 1.54) is 23.2 Å².